The van der Waals surface area contributed by atoms with Crippen LogP contribution in [0.4, 0.5) is 0 Å². The van der Waals surface area contributed by atoms with Gasteiger partial charge in [-0.2, -0.15) is 0 Å². The standard InChI is InChI=1S/C16H20N4O2/c1-11(2)16(21)20-8-4-6-13(10-20)15-19-18-14(22-15)12-5-3-7-17-9-12/h3,5,7,9,11,13H,4,6,8,10H2,1-2H3/t13-/m1/s1. The third-order valence-electron chi connectivity index (χ3n) is 3.93. The van der Waals surface area contributed by atoms with Gasteiger partial charge in [0.25, 0.3) is 0 Å². The molecule has 0 N–H and O–H groups in total. The Balaban J connectivity index is 1.74. The zero-order valence-corrected chi connectivity index (χ0v) is 12.9. The number of hydrogen-bond acceptors (Lipinski definition) is 5. The maximum absolute atomic E-state index is 12.2. The lowest BCUT2D eigenvalue weighted by Crippen LogP contribution is -2.41. The number of likely N-dealkylation sites (tertiary alicyclic amines) is 1. The molecule has 1 atom stereocenters. The molecule has 1 amide bonds. The number of nitrogens with zero attached hydrogens (tertiary/aromatic N) is 4. The minimum Gasteiger partial charge on any atom is -0.420 e. The molecule has 6 nitrogen and oxygen atoms in total. The first-order chi connectivity index (χ1) is 10.6. The van der Waals surface area contributed by atoms with E-state index in [9.17, 15) is 4.79 Å². The molecule has 1 aliphatic heterocycles. The zero-order valence-electron chi connectivity index (χ0n) is 12.9. The van der Waals surface area contributed by atoms with Gasteiger partial charge in [0.05, 0.1) is 11.5 Å². The summed E-state index contributed by atoms with van der Waals surface area (Å²) in [5, 5.41) is 8.28. The summed E-state index contributed by atoms with van der Waals surface area (Å²) in [5.41, 5.74) is 0.812. The van der Waals surface area contributed by atoms with Crippen molar-refractivity contribution in [2.45, 2.75) is 32.6 Å². The SMILES string of the molecule is CC(C)C(=O)N1CCC[C@@H](c2nnc(-c3cccnc3)o2)C1. The lowest BCUT2D eigenvalue weighted by Gasteiger charge is -2.32. The van der Waals surface area contributed by atoms with Crippen molar-refractivity contribution in [3.63, 3.8) is 0 Å². The fourth-order valence-electron chi connectivity index (χ4n) is 2.75. The molecular weight excluding hydrogens is 280 g/mol. The lowest BCUT2D eigenvalue weighted by atomic mass is 9.97. The number of carbonyl (C=O) groups is 1. The van der Waals surface area contributed by atoms with Gasteiger partial charge < -0.3 is 9.32 Å². The molecule has 0 radical (unpaired) electrons. The van der Waals surface area contributed by atoms with E-state index in [0.29, 0.717) is 18.3 Å². The average Bonchev–Trinajstić information content (AvgIpc) is 3.05. The second-order valence-corrected chi connectivity index (χ2v) is 5.97. The Morgan fingerprint density at radius 3 is 3.00 bits per heavy atom. The summed E-state index contributed by atoms with van der Waals surface area (Å²) in [6, 6.07) is 3.72. The molecule has 1 aliphatic rings. The van der Waals surface area contributed by atoms with Crippen LogP contribution in [-0.2, 0) is 4.79 Å². The highest BCUT2D eigenvalue weighted by atomic mass is 16.4. The molecule has 6 heteroatoms. The molecule has 1 saturated heterocycles. The van der Waals surface area contributed by atoms with E-state index in [1.165, 1.54) is 0 Å². The van der Waals surface area contributed by atoms with E-state index in [1.54, 1.807) is 12.4 Å². The van der Waals surface area contributed by atoms with Crippen LogP contribution in [0.25, 0.3) is 11.5 Å². The summed E-state index contributed by atoms with van der Waals surface area (Å²) in [6.45, 7) is 5.33. The molecule has 0 aliphatic carbocycles. The third-order valence-corrected chi connectivity index (χ3v) is 3.93. The second kappa shape index (κ2) is 6.25. The summed E-state index contributed by atoms with van der Waals surface area (Å²) < 4.78 is 5.80. The first-order valence-electron chi connectivity index (χ1n) is 7.67. The van der Waals surface area contributed by atoms with Gasteiger partial charge in [-0.3, -0.25) is 9.78 Å². The molecule has 0 bridgehead atoms. The van der Waals surface area contributed by atoms with Crippen LogP contribution in [0.2, 0.25) is 0 Å². The van der Waals surface area contributed by atoms with Crippen molar-refractivity contribution in [1.29, 1.82) is 0 Å². The fourth-order valence-corrected chi connectivity index (χ4v) is 2.75. The second-order valence-electron chi connectivity index (χ2n) is 5.97. The van der Waals surface area contributed by atoms with Crippen molar-refractivity contribution < 1.29 is 9.21 Å². The summed E-state index contributed by atoms with van der Waals surface area (Å²) in [4.78, 5) is 18.1. The van der Waals surface area contributed by atoms with Crippen LogP contribution in [0.1, 0.15) is 38.5 Å². The van der Waals surface area contributed by atoms with E-state index in [2.05, 4.69) is 15.2 Å². The van der Waals surface area contributed by atoms with Crippen molar-refractivity contribution in [2.24, 2.45) is 5.92 Å². The summed E-state index contributed by atoms with van der Waals surface area (Å²) in [6.07, 6.45) is 5.34. The molecule has 3 heterocycles. The predicted octanol–water partition coefficient (Wildman–Crippen LogP) is 2.49. The number of pyridine rings is 1. The maximum Gasteiger partial charge on any atom is 0.249 e. The Bertz CT molecular complexity index is 639. The van der Waals surface area contributed by atoms with Crippen LogP contribution < -0.4 is 0 Å². The van der Waals surface area contributed by atoms with Crippen LogP contribution in [0.5, 0.6) is 0 Å². The molecular formula is C16H20N4O2. The summed E-state index contributed by atoms with van der Waals surface area (Å²) in [7, 11) is 0. The van der Waals surface area contributed by atoms with E-state index in [1.807, 2.05) is 30.9 Å². The number of amides is 1. The van der Waals surface area contributed by atoms with Gasteiger partial charge in [-0.1, -0.05) is 13.8 Å². The topological polar surface area (TPSA) is 72.1 Å². The molecule has 2 aromatic heterocycles. The number of hydrogen-bond donors (Lipinski definition) is 0. The Kier molecular flexibility index (Phi) is 4.18. The van der Waals surface area contributed by atoms with E-state index in [4.69, 9.17) is 4.42 Å². The van der Waals surface area contributed by atoms with Gasteiger partial charge in [0.1, 0.15) is 0 Å². The molecule has 0 saturated carbocycles. The van der Waals surface area contributed by atoms with E-state index < -0.39 is 0 Å². The highest BCUT2D eigenvalue weighted by molar-refractivity contribution is 5.78. The number of carbonyl (C=O) groups excluding carboxylic acids is 1. The maximum atomic E-state index is 12.2. The molecule has 116 valence electrons. The van der Waals surface area contributed by atoms with Gasteiger partial charge in [0.2, 0.25) is 17.7 Å². The van der Waals surface area contributed by atoms with Crippen molar-refractivity contribution in [3.05, 3.63) is 30.4 Å². The smallest absolute Gasteiger partial charge is 0.249 e. The van der Waals surface area contributed by atoms with Crippen LogP contribution in [-0.4, -0.2) is 39.1 Å². The molecule has 1 fully saturated rings. The van der Waals surface area contributed by atoms with Crippen LogP contribution >= 0.6 is 0 Å². The molecule has 0 aromatic carbocycles. The molecule has 3 rings (SSSR count). The van der Waals surface area contributed by atoms with Gasteiger partial charge in [-0.15, -0.1) is 10.2 Å². The summed E-state index contributed by atoms with van der Waals surface area (Å²) >= 11 is 0. The van der Waals surface area contributed by atoms with Gasteiger partial charge >= 0.3 is 0 Å². The van der Waals surface area contributed by atoms with Gasteiger partial charge in [-0.05, 0) is 25.0 Å². The molecule has 22 heavy (non-hydrogen) atoms. The van der Waals surface area contributed by atoms with E-state index >= 15 is 0 Å². The molecule has 0 spiro atoms. The minimum atomic E-state index is 0.0207. The van der Waals surface area contributed by atoms with Crippen molar-refractivity contribution in [2.75, 3.05) is 13.1 Å². The number of rotatable bonds is 3. The van der Waals surface area contributed by atoms with Crippen LogP contribution in [0, 0.1) is 5.92 Å². The predicted molar refractivity (Wildman–Crippen MR) is 80.9 cm³/mol. The van der Waals surface area contributed by atoms with Gasteiger partial charge in [0, 0.05) is 31.4 Å². The first-order valence-corrected chi connectivity index (χ1v) is 7.67. The normalized spacial score (nSPS) is 18.7. The van der Waals surface area contributed by atoms with Crippen molar-refractivity contribution in [3.8, 4) is 11.5 Å². The highest BCUT2D eigenvalue weighted by Gasteiger charge is 2.29. The zero-order chi connectivity index (χ0) is 15.5. The van der Waals surface area contributed by atoms with Crippen LogP contribution in [0.15, 0.2) is 28.9 Å². The first kappa shape index (κ1) is 14.7. The number of aromatic nitrogens is 3. The van der Waals surface area contributed by atoms with E-state index in [0.717, 1.165) is 24.9 Å². The van der Waals surface area contributed by atoms with Crippen molar-refractivity contribution >= 4 is 5.91 Å². The Hall–Kier alpha value is -2.24. The Labute approximate surface area is 129 Å². The van der Waals surface area contributed by atoms with Crippen LogP contribution in [0.3, 0.4) is 0 Å². The van der Waals surface area contributed by atoms with Gasteiger partial charge in [-0.25, -0.2) is 0 Å². The Morgan fingerprint density at radius 1 is 1.41 bits per heavy atom. The largest absolute Gasteiger partial charge is 0.420 e. The summed E-state index contributed by atoms with van der Waals surface area (Å²) in [5.74, 6) is 1.42. The average molecular weight is 300 g/mol. The minimum absolute atomic E-state index is 0.0207. The molecule has 2 aromatic rings. The lowest BCUT2D eigenvalue weighted by molar-refractivity contribution is -0.135. The van der Waals surface area contributed by atoms with Gasteiger partial charge in [0.15, 0.2) is 0 Å². The highest BCUT2D eigenvalue weighted by Crippen LogP contribution is 2.28. The fraction of sp³-hybridized carbons (Fsp3) is 0.500. The molecule has 0 unspecified atom stereocenters. The number of piperidine rings is 1. The monoisotopic (exact) mass is 300 g/mol. The quantitative estimate of drug-likeness (QED) is 0.871. The Morgan fingerprint density at radius 2 is 2.27 bits per heavy atom. The van der Waals surface area contributed by atoms with Crippen molar-refractivity contribution in [1.82, 2.24) is 20.1 Å². The third kappa shape index (κ3) is 3.00. The van der Waals surface area contributed by atoms with E-state index in [-0.39, 0.29) is 17.7 Å².